The van der Waals surface area contributed by atoms with Crippen molar-refractivity contribution in [3.05, 3.63) is 0 Å². The molecule has 0 fully saturated rings. The van der Waals surface area contributed by atoms with E-state index < -0.39 is 0 Å². The van der Waals surface area contributed by atoms with Crippen LogP contribution in [0.3, 0.4) is 0 Å². The monoisotopic (exact) mass is 188 g/mol. The summed E-state index contributed by atoms with van der Waals surface area (Å²) in [6.07, 6.45) is 0. The highest BCUT2D eigenvalue weighted by Crippen LogP contribution is 2.26. The first-order valence-corrected chi connectivity index (χ1v) is 6.11. The predicted molar refractivity (Wildman–Crippen MR) is 60.8 cm³/mol. The highest BCUT2D eigenvalue weighted by molar-refractivity contribution is 7.99. The molecule has 0 aromatic carbocycles. The van der Waals surface area contributed by atoms with Gasteiger partial charge in [0, 0.05) is 5.25 Å². The number of thioether (sulfide) groups is 1. The Hall–Kier alpha value is 0.350. The molecule has 1 heteroatoms. The third-order valence-electron chi connectivity index (χ3n) is 2.48. The van der Waals surface area contributed by atoms with Crippen LogP contribution in [0.25, 0.3) is 0 Å². The van der Waals surface area contributed by atoms with E-state index in [0.29, 0.717) is 0 Å². The lowest BCUT2D eigenvalue weighted by atomic mass is 9.95. The maximum Gasteiger partial charge on any atom is 0.00468 e. The molecular weight excluding hydrogens is 164 g/mol. The molecule has 0 aliphatic carbocycles. The van der Waals surface area contributed by atoms with Gasteiger partial charge in [0.1, 0.15) is 0 Å². The molecule has 0 radical (unpaired) electrons. The fraction of sp³-hybridized carbons (Fsp3) is 1.00. The van der Waals surface area contributed by atoms with Gasteiger partial charge in [-0.1, -0.05) is 41.5 Å². The van der Waals surface area contributed by atoms with Crippen molar-refractivity contribution in [3.8, 4) is 0 Å². The summed E-state index contributed by atoms with van der Waals surface area (Å²) in [6.45, 7) is 13.9. The quantitative estimate of drug-likeness (QED) is 0.627. The van der Waals surface area contributed by atoms with Crippen LogP contribution in [-0.4, -0.2) is 11.0 Å². The Kier molecular flexibility index (Phi) is 6.08. The van der Waals surface area contributed by atoms with Gasteiger partial charge in [0.05, 0.1) is 0 Å². The van der Waals surface area contributed by atoms with E-state index in [9.17, 15) is 0 Å². The molecule has 0 N–H and O–H groups in total. The highest BCUT2D eigenvalue weighted by Gasteiger charge is 2.15. The standard InChI is InChI=1S/C11H24S/c1-8(2)7-12-11(6)10(5)9(3)4/h8-11H,7H2,1-6H3/t10?,11-/m0/s1. The van der Waals surface area contributed by atoms with Crippen LogP contribution < -0.4 is 0 Å². The summed E-state index contributed by atoms with van der Waals surface area (Å²) in [4.78, 5) is 0. The maximum absolute atomic E-state index is 2.36. The van der Waals surface area contributed by atoms with Crippen molar-refractivity contribution < 1.29 is 0 Å². The van der Waals surface area contributed by atoms with E-state index in [4.69, 9.17) is 0 Å². The van der Waals surface area contributed by atoms with Gasteiger partial charge in [0.25, 0.3) is 0 Å². The second-order valence-corrected chi connectivity index (χ2v) is 5.95. The largest absolute Gasteiger partial charge is 0.158 e. The molecule has 0 aromatic heterocycles. The Morgan fingerprint density at radius 3 is 1.75 bits per heavy atom. The molecule has 0 amide bonds. The second-order valence-electron chi connectivity index (χ2n) is 4.54. The number of hydrogen-bond acceptors (Lipinski definition) is 1. The minimum atomic E-state index is 0.812. The molecule has 0 aromatic rings. The number of hydrogen-bond donors (Lipinski definition) is 0. The van der Waals surface area contributed by atoms with Gasteiger partial charge in [-0.25, -0.2) is 0 Å². The summed E-state index contributed by atoms with van der Waals surface area (Å²) in [5, 5.41) is 0.812. The molecule has 0 aliphatic heterocycles. The van der Waals surface area contributed by atoms with E-state index in [-0.39, 0.29) is 0 Å². The van der Waals surface area contributed by atoms with Crippen molar-refractivity contribution in [1.82, 2.24) is 0 Å². The highest BCUT2D eigenvalue weighted by atomic mass is 32.2. The van der Waals surface area contributed by atoms with Crippen molar-refractivity contribution in [2.24, 2.45) is 17.8 Å². The Bertz CT molecular complexity index is 108. The van der Waals surface area contributed by atoms with E-state index in [0.717, 1.165) is 23.0 Å². The second kappa shape index (κ2) is 5.90. The summed E-state index contributed by atoms with van der Waals surface area (Å²) in [7, 11) is 0. The van der Waals surface area contributed by atoms with Crippen LogP contribution in [0.1, 0.15) is 41.5 Å². The third kappa shape index (κ3) is 5.08. The lowest BCUT2D eigenvalue weighted by molar-refractivity contribution is 0.417. The molecule has 2 atom stereocenters. The summed E-state index contributed by atoms with van der Waals surface area (Å²) in [5.41, 5.74) is 0. The van der Waals surface area contributed by atoms with Crippen molar-refractivity contribution >= 4 is 11.8 Å². The SMILES string of the molecule is CC(C)CS[C@@H](C)C(C)C(C)C. The van der Waals surface area contributed by atoms with Crippen LogP contribution in [-0.2, 0) is 0 Å². The van der Waals surface area contributed by atoms with Crippen molar-refractivity contribution in [2.75, 3.05) is 5.75 Å². The van der Waals surface area contributed by atoms with Crippen LogP contribution in [0.4, 0.5) is 0 Å². The zero-order valence-corrected chi connectivity index (χ0v) is 10.2. The lowest BCUT2D eigenvalue weighted by Gasteiger charge is -2.23. The Balaban J connectivity index is 3.64. The van der Waals surface area contributed by atoms with Crippen LogP contribution in [0, 0.1) is 17.8 Å². The first-order chi connectivity index (χ1) is 5.45. The molecule has 12 heavy (non-hydrogen) atoms. The summed E-state index contributed by atoms with van der Waals surface area (Å²) in [6, 6.07) is 0. The summed E-state index contributed by atoms with van der Waals surface area (Å²) >= 11 is 2.12. The first kappa shape index (κ1) is 12.3. The van der Waals surface area contributed by atoms with Gasteiger partial charge in [-0.15, -0.1) is 0 Å². The molecule has 0 nitrogen and oxygen atoms in total. The maximum atomic E-state index is 2.36. The van der Waals surface area contributed by atoms with Gasteiger partial charge >= 0.3 is 0 Å². The van der Waals surface area contributed by atoms with Crippen molar-refractivity contribution in [2.45, 2.75) is 46.8 Å². The molecule has 0 heterocycles. The van der Waals surface area contributed by atoms with Gasteiger partial charge in [0.2, 0.25) is 0 Å². The van der Waals surface area contributed by atoms with Gasteiger partial charge in [-0.2, -0.15) is 11.8 Å². The molecule has 0 rings (SSSR count). The minimum absolute atomic E-state index is 0.812. The van der Waals surface area contributed by atoms with Gasteiger partial charge in [0.15, 0.2) is 0 Å². The Labute approximate surface area is 82.5 Å². The average Bonchev–Trinajstić information content (AvgIpc) is 1.98. The molecule has 0 spiro atoms. The number of rotatable bonds is 5. The summed E-state index contributed by atoms with van der Waals surface area (Å²) < 4.78 is 0. The van der Waals surface area contributed by atoms with Gasteiger partial charge < -0.3 is 0 Å². The summed E-state index contributed by atoms with van der Waals surface area (Å²) in [5.74, 6) is 3.79. The molecule has 74 valence electrons. The normalized spacial score (nSPS) is 17.0. The van der Waals surface area contributed by atoms with Crippen LogP contribution in [0.15, 0.2) is 0 Å². The zero-order valence-electron chi connectivity index (χ0n) is 9.42. The van der Waals surface area contributed by atoms with E-state index >= 15 is 0 Å². The van der Waals surface area contributed by atoms with E-state index in [1.807, 2.05) is 0 Å². The molecule has 0 bridgehead atoms. The molecular formula is C11H24S. The van der Waals surface area contributed by atoms with Gasteiger partial charge in [-0.05, 0) is 23.5 Å². The van der Waals surface area contributed by atoms with E-state index in [2.05, 4.69) is 53.3 Å². The fourth-order valence-electron chi connectivity index (χ4n) is 1.04. The van der Waals surface area contributed by atoms with Gasteiger partial charge in [-0.3, -0.25) is 0 Å². The smallest absolute Gasteiger partial charge is 0.00468 e. The first-order valence-electron chi connectivity index (χ1n) is 5.06. The average molecular weight is 188 g/mol. The van der Waals surface area contributed by atoms with Crippen LogP contribution in [0.5, 0.6) is 0 Å². The third-order valence-corrected chi connectivity index (χ3v) is 4.30. The molecule has 0 aliphatic rings. The molecule has 0 saturated carbocycles. The van der Waals surface area contributed by atoms with E-state index in [1.165, 1.54) is 5.75 Å². The molecule has 0 saturated heterocycles. The topological polar surface area (TPSA) is 0 Å². The zero-order chi connectivity index (χ0) is 9.72. The van der Waals surface area contributed by atoms with Crippen LogP contribution in [0.2, 0.25) is 0 Å². The van der Waals surface area contributed by atoms with Crippen molar-refractivity contribution in [3.63, 3.8) is 0 Å². The van der Waals surface area contributed by atoms with E-state index in [1.54, 1.807) is 0 Å². The predicted octanol–water partition coefficient (Wildman–Crippen LogP) is 4.06. The van der Waals surface area contributed by atoms with Crippen LogP contribution >= 0.6 is 11.8 Å². The van der Waals surface area contributed by atoms with Crippen molar-refractivity contribution in [1.29, 1.82) is 0 Å². The lowest BCUT2D eigenvalue weighted by Crippen LogP contribution is -2.17. The Morgan fingerprint density at radius 2 is 1.42 bits per heavy atom. The molecule has 1 unspecified atom stereocenters. The minimum Gasteiger partial charge on any atom is -0.158 e. The fourth-order valence-corrected chi connectivity index (χ4v) is 2.34. The Morgan fingerprint density at radius 1 is 0.917 bits per heavy atom.